The Balaban J connectivity index is 0.000000813. The third-order valence-corrected chi connectivity index (χ3v) is 10.8. The van der Waals surface area contributed by atoms with Crippen molar-refractivity contribution in [2.45, 2.75) is 33.2 Å². The molecule has 6 nitrogen and oxygen atoms in total. The summed E-state index contributed by atoms with van der Waals surface area (Å²) in [5.41, 5.74) is 0.0638. The zero-order valence-corrected chi connectivity index (χ0v) is 29.3. The van der Waals surface area contributed by atoms with Crippen molar-refractivity contribution < 1.29 is 47.1 Å². The average Bonchev–Trinajstić information content (AvgIpc) is 2.99. The number of benzene rings is 4. The fourth-order valence-electron chi connectivity index (χ4n) is 3.87. The Labute approximate surface area is 275 Å². The van der Waals surface area contributed by atoms with Crippen molar-refractivity contribution in [3.8, 4) is 6.07 Å². The first kappa shape index (κ1) is 39.3. The third kappa shape index (κ3) is 16.2. The second-order valence-corrected chi connectivity index (χ2v) is 14.9. The summed E-state index contributed by atoms with van der Waals surface area (Å²) in [5.74, 6) is 0. The minimum absolute atomic E-state index is 0.0638. The number of hydrogen-bond acceptors (Lipinski definition) is 6. The predicted octanol–water partition coefficient (Wildman–Crippen LogP) is 2.73. The van der Waals surface area contributed by atoms with Crippen LogP contribution in [0.1, 0.15) is 27.7 Å². The zero-order chi connectivity index (χ0) is 32.3. The minimum atomic E-state index is -4.94. The number of nitrogens with zero attached hydrogens (tertiary/aromatic N) is 2. The maximum absolute atomic E-state index is 8.49. The molecule has 11 heteroatoms. The van der Waals surface area contributed by atoms with Crippen LogP contribution in [0.5, 0.6) is 0 Å². The van der Waals surface area contributed by atoms with Crippen LogP contribution in [0.15, 0.2) is 121 Å². The van der Waals surface area contributed by atoms with Gasteiger partial charge in [-0.3, -0.25) is 4.90 Å². The third-order valence-electron chi connectivity index (χ3n) is 5.84. The predicted molar refractivity (Wildman–Crippen MR) is 167 cm³/mol. The molecule has 0 atom stereocenters. The topological polar surface area (TPSA) is 119 Å². The van der Waals surface area contributed by atoms with Gasteiger partial charge in [-0.15, -0.1) is 10.2 Å². The molecule has 0 heterocycles. The second kappa shape index (κ2) is 21.1. The maximum Gasteiger partial charge on any atom is -0.112 e. The van der Waals surface area contributed by atoms with Crippen LogP contribution in [0.25, 0.3) is 0 Å². The van der Waals surface area contributed by atoms with Crippen molar-refractivity contribution in [2.75, 3.05) is 12.6 Å². The van der Waals surface area contributed by atoms with Gasteiger partial charge >= 0.3 is 27.7 Å². The first-order chi connectivity index (χ1) is 20.4. The second-order valence-electron chi connectivity index (χ2n) is 9.79. The molecule has 0 bridgehead atoms. The van der Waals surface area contributed by atoms with Gasteiger partial charge in [0.25, 0.3) is 0 Å². The molecule has 0 aliphatic carbocycles. The molecule has 0 fully saturated rings. The van der Waals surface area contributed by atoms with Crippen molar-refractivity contribution in [1.29, 1.82) is 5.26 Å². The Morgan fingerprint density at radius 3 is 0.977 bits per heavy atom. The van der Waals surface area contributed by atoms with Gasteiger partial charge in [0.15, 0.2) is 0 Å². The molecule has 4 rings (SSSR count). The molecule has 4 aromatic carbocycles. The van der Waals surface area contributed by atoms with Crippen LogP contribution in [-0.4, -0.2) is 23.0 Å². The van der Waals surface area contributed by atoms with Gasteiger partial charge in [0.2, 0.25) is 0 Å². The minimum Gasteiger partial charge on any atom is -0.222 e. The number of rotatable bonds is 8. The van der Waals surface area contributed by atoms with Crippen molar-refractivity contribution in [1.82, 2.24) is 4.90 Å². The van der Waals surface area contributed by atoms with Gasteiger partial charge in [-0.2, -0.15) is 5.26 Å². The van der Waals surface area contributed by atoms with E-state index in [0.29, 0.717) is 0 Å². The molecule has 0 radical (unpaired) electrons. The first-order valence-electron chi connectivity index (χ1n) is 13.0. The summed E-state index contributed by atoms with van der Waals surface area (Å²) in [7, 11) is -1.43. The summed E-state index contributed by atoms with van der Waals surface area (Å²) in [5, 5.41) is 13.1. The van der Waals surface area contributed by atoms with Crippen LogP contribution >= 0.6 is 25.4 Å². The summed E-state index contributed by atoms with van der Waals surface area (Å²) in [6, 6.07) is 46.1. The molecular weight excluding hydrogens is 716 g/mol. The molecule has 232 valence electrons. The molecule has 0 aliphatic heterocycles. The quantitative estimate of drug-likeness (QED) is 0.202. The van der Waals surface area contributed by atoms with Gasteiger partial charge < -0.3 is 0 Å². The van der Waals surface area contributed by atoms with Crippen LogP contribution < -0.4 is 39.9 Å². The average molecular weight is 752 g/mol. The molecule has 0 amide bonds. The Hall–Kier alpha value is -1.73. The largest absolute Gasteiger partial charge is 0.222 e. The molecule has 0 N–H and O–H groups in total. The Morgan fingerprint density at radius 2 is 0.814 bits per heavy atom. The molecule has 0 saturated heterocycles. The zero-order valence-electron chi connectivity index (χ0n) is 24.5. The standard InChI is InChI=1S/C30H33NP2.C2H3N.ClHO4.ClH.Pd/c1-30(2,3)31(24-32(26-16-8-4-9-17-26)27-18-10-5-11-19-27)25-33(28-20-12-6-13-21-28)29-22-14-7-15-23-29;1-2-3;2-1(3,4)5;;/h4-23H,24-25H2,1-3H3;1H3;(H,2,3,4,5);1H;/q;;;;+2/p-2. The SMILES string of the molecule is CC#N.CC(C)(C)N(CP(c1ccccc1)c1ccccc1)CP(c1ccccc1)c1ccccc1.[Cl][Pd+].[O-][Cl+3]([O-])([O-])[O-]. The van der Waals surface area contributed by atoms with Gasteiger partial charge in [0.1, 0.15) is 0 Å². The summed E-state index contributed by atoms with van der Waals surface area (Å²) in [6.45, 7) is 8.51. The van der Waals surface area contributed by atoms with E-state index in [4.69, 9.17) is 23.9 Å². The maximum atomic E-state index is 8.49. The van der Waals surface area contributed by atoms with E-state index < -0.39 is 26.1 Å². The molecule has 0 aromatic heterocycles. The van der Waals surface area contributed by atoms with Crippen molar-refractivity contribution in [2.24, 2.45) is 0 Å². The van der Waals surface area contributed by atoms with E-state index in [-0.39, 0.29) is 5.54 Å². The van der Waals surface area contributed by atoms with Gasteiger partial charge in [-0.05, 0) is 57.8 Å². The Bertz CT molecular complexity index is 1140. The van der Waals surface area contributed by atoms with E-state index in [1.807, 2.05) is 0 Å². The smallest absolute Gasteiger partial charge is 0.112 e. The molecule has 43 heavy (non-hydrogen) atoms. The van der Waals surface area contributed by atoms with Crippen molar-refractivity contribution in [3.05, 3.63) is 121 Å². The summed E-state index contributed by atoms with van der Waals surface area (Å²) in [4.78, 5) is 2.73. The van der Waals surface area contributed by atoms with Gasteiger partial charge in [0, 0.05) is 25.0 Å². The van der Waals surface area contributed by atoms with Crippen LogP contribution in [0.2, 0.25) is 0 Å². The van der Waals surface area contributed by atoms with Gasteiger partial charge in [-0.1, -0.05) is 121 Å². The van der Waals surface area contributed by atoms with Crippen molar-refractivity contribution in [3.63, 3.8) is 0 Å². The van der Waals surface area contributed by atoms with E-state index >= 15 is 0 Å². The summed E-state index contributed by atoms with van der Waals surface area (Å²) >= 11 is 2.22. The Morgan fingerprint density at radius 1 is 0.628 bits per heavy atom. The van der Waals surface area contributed by atoms with E-state index in [1.165, 1.54) is 28.1 Å². The van der Waals surface area contributed by atoms with Gasteiger partial charge in [0.05, 0.1) is 6.07 Å². The molecule has 4 aromatic rings. The molecule has 0 spiro atoms. The van der Waals surface area contributed by atoms with E-state index in [9.17, 15) is 0 Å². The molecule has 0 saturated carbocycles. The summed E-state index contributed by atoms with van der Waals surface area (Å²) < 4.78 is 34.0. The number of nitriles is 1. The van der Waals surface area contributed by atoms with Gasteiger partial charge in [-0.25, -0.2) is 18.6 Å². The van der Waals surface area contributed by atoms with E-state index in [1.54, 1.807) is 6.07 Å². The van der Waals surface area contributed by atoms with E-state index in [0.717, 1.165) is 12.6 Å². The first-order valence-corrected chi connectivity index (χ1v) is 19.3. The fraction of sp³-hybridized carbons (Fsp3) is 0.219. The van der Waals surface area contributed by atoms with Crippen LogP contribution in [0, 0.1) is 21.6 Å². The van der Waals surface area contributed by atoms with E-state index in [2.05, 4.69) is 175 Å². The normalized spacial score (nSPS) is 10.9. The number of hydrogen-bond donors (Lipinski definition) is 0. The Kier molecular flexibility index (Phi) is 19.3. The van der Waals surface area contributed by atoms with Crippen LogP contribution in [0.4, 0.5) is 0 Å². The monoisotopic (exact) mass is 750 g/mol. The molecule has 0 unspecified atom stereocenters. The fourth-order valence-corrected chi connectivity index (χ4v) is 9.13. The van der Waals surface area contributed by atoms with Crippen LogP contribution in [0.3, 0.4) is 0 Å². The number of halogens is 2. The summed E-state index contributed by atoms with van der Waals surface area (Å²) in [6.07, 6.45) is 2.09. The van der Waals surface area contributed by atoms with Crippen LogP contribution in [-0.2, 0) is 18.2 Å². The molecule has 0 aliphatic rings. The van der Waals surface area contributed by atoms with Crippen molar-refractivity contribution >= 4 is 46.6 Å². The molecular formula is C32H36Cl2N2O4P2Pd.